The lowest BCUT2D eigenvalue weighted by Gasteiger charge is -2.23. The van der Waals surface area contributed by atoms with Gasteiger partial charge in [-0.2, -0.15) is 0 Å². The number of carbonyl (C=O) groups is 2. The first-order valence-electron chi connectivity index (χ1n) is 7.94. The number of carbonyl (C=O) groups excluding carboxylic acids is 2. The van der Waals surface area contributed by atoms with Gasteiger partial charge >= 0.3 is 12.2 Å². The second-order valence-corrected chi connectivity index (χ2v) is 6.24. The first-order valence-corrected chi connectivity index (χ1v) is 7.94. The summed E-state index contributed by atoms with van der Waals surface area (Å²) in [5.74, 6) is 0. The second-order valence-electron chi connectivity index (χ2n) is 6.24. The molecule has 0 aliphatic rings. The molecule has 0 radical (unpaired) electrons. The van der Waals surface area contributed by atoms with Gasteiger partial charge in [0, 0.05) is 26.2 Å². The van der Waals surface area contributed by atoms with E-state index in [1.807, 2.05) is 30.3 Å². The lowest BCUT2D eigenvalue weighted by molar-refractivity contribution is 0.0515. The number of nitrogens with one attached hydrogen (secondary N) is 1. The molecular formula is C17H27N3O4. The van der Waals surface area contributed by atoms with Gasteiger partial charge in [0.05, 0.1) is 0 Å². The molecule has 1 aromatic carbocycles. The zero-order valence-corrected chi connectivity index (χ0v) is 14.6. The van der Waals surface area contributed by atoms with Crippen LogP contribution in [-0.2, 0) is 16.1 Å². The summed E-state index contributed by atoms with van der Waals surface area (Å²) in [5, 5.41) is 2.61. The highest BCUT2D eigenvalue weighted by atomic mass is 16.6. The molecule has 0 fully saturated rings. The van der Waals surface area contributed by atoms with Crippen LogP contribution in [0.3, 0.4) is 0 Å². The molecule has 0 aliphatic carbocycles. The Morgan fingerprint density at radius 2 is 1.83 bits per heavy atom. The van der Waals surface area contributed by atoms with Crippen LogP contribution >= 0.6 is 0 Å². The smallest absolute Gasteiger partial charge is 0.410 e. The summed E-state index contributed by atoms with van der Waals surface area (Å²) < 4.78 is 10.4. The lowest BCUT2D eigenvalue weighted by atomic mass is 10.2. The lowest BCUT2D eigenvalue weighted by Crippen LogP contribution is -2.42. The number of hydrogen-bond acceptors (Lipinski definition) is 5. The SMILES string of the molecule is CC(C)(C)OC(=O)NCCN(CCN)C(=O)OCc1ccccc1. The molecule has 2 amide bonds. The normalized spacial score (nSPS) is 10.8. The molecule has 3 N–H and O–H groups in total. The first-order chi connectivity index (χ1) is 11.3. The fraction of sp³-hybridized carbons (Fsp3) is 0.529. The predicted molar refractivity (Wildman–Crippen MR) is 91.5 cm³/mol. The van der Waals surface area contributed by atoms with E-state index in [9.17, 15) is 9.59 Å². The summed E-state index contributed by atoms with van der Waals surface area (Å²) in [6.07, 6.45) is -0.983. The van der Waals surface area contributed by atoms with E-state index in [1.165, 1.54) is 4.90 Å². The van der Waals surface area contributed by atoms with Crippen LogP contribution in [0.5, 0.6) is 0 Å². The molecule has 0 aliphatic heterocycles. The third-order valence-corrected chi connectivity index (χ3v) is 2.91. The van der Waals surface area contributed by atoms with Crippen molar-refractivity contribution in [2.45, 2.75) is 33.0 Å². The Labute approximate surface area is 143 Å². The van der Waals surface area contributed by atoms with E-state index in [-0.39, 0.29) is 13.2 Å². The molecule has 0 unspecified atom stereocenters. The van der Waals surface area contributed by atoms with E-state index in [0.717, 1.165) is 5.56 Å². The number of nitrogens with zero attached hydrogens (tertiary/aromatic N) is 1. The number of alkyl carbamates (subject to hydrolysis) is 1. The number of rotatable bonds is 7. The van der Waals surface area contributed by atoms with Gasteiger partial charge < -0.3 is 25.4 Å². The van der Waals surface area contributed by atoms with Gasteiger partial charge in [-0.25, -0.2) is 9.59 Å². The number of nitrogens with two attached hydrogens (primary N) is 1. The summed E-state index contributed by atoms with van der Waals surface area (Å²) >= 11 is 0. The molecule has 0 bridgehead atoms. The van der Waals surface area contributed by atoms with Crippen molar-refractivity contribution < 1.29 is 19.1 Å². The Kier molecular flexibility index (Phi) is 8.05. The third-order valence-electron chi connectivity index (χ3n) is 2.91. The molecule has 134 valence electrons. The highest BCUT2D eigenvalue weighted by Crippen LogP contribution is 2.06. The van der Waals surface area contributed by atoms with Gasteiger partial charge in [0.1, 0.15) is 12.2 Å². The molecule has 0 aromatic heterocycles. The van der Waals surface area contributed by atoms with E-state index in [1.54, 1.807) is 20.8 Å². The van der Waals surface area contributed by atoms with E-state index in [4.69, 9.17) is 15.2 Å². The first kappa shape index (κ1) is 19.8. The maximum absolute atomic E-state index is 12.1. The highest BCUT2D eigenvalue weighted by molar-refractivity contribution is 5.69. The zero-order valence-electron chi connectivity index (χ0n) is 14.6. The van der Waals surface area contributed by atoms with Crippen molar-refractivity contribution in [2.75, 3.05) is 26.2 Å². The Morgan fingerprint density at radius 3 is 2.42 bits per heavy atom. The molecule has 0 heterocycles. The summed E-state index contributed by atoms with van der Waals surface area (Å²) in [6, 6.07) is 9.42. The molecule has 7 heteroatoms. The van der Waals surface area contributed by atoms with Crippen molar-refractivity contribution in [2.24, 2.45) is 5.73 Å². The molecule has 0 spiro atoms. The fourth-order valence-corrected chi connectivity index (χ4v) is 1.87. The quantitative estimate of drug-likeness (QED) is 0.795. The van der Waals surface area contributed by atoms with Gasteiger partial charge in [-0.15, -0.1) is 0 Å². The average molecular weight is 337 g/mol. The molecule has 0 saturated carbocycles. The topological polar surface area (TPSA) is 93.9 Å². The van der Waals surface area contributed by atoms with Crippen LogP contribution in [0.15, 0.2) is 30.3 Å². The van der Waals surface area contributed by atoms with Crippen LogP contribution in [0.4, 0.5) is 9.59 Å². The number of amides is 2. The van der Waals surface area contributed by atoms with Crippen LogP contribution in [0.1, 0.15) is 26.3 Å². The molecule has 1 rings (SSSR count). The van der Waals surface area contributed by atoms with Gasteiger partial charge in [-0.1, -0.05) is 30.3 Å². The van der Waals surface area contributed by atoms with Gasteiger partial charge in [0.2, 0.25) is 0 Å². The van der Waals surface area contributed by atoms with Crippen LogP contribution < -0.4 is 11.1 Å². The standard InChI is InChI=1S/C17H27N3O4/c1-17(2,3)24-15(21)19-10-12-20(11-9-18)16(22)23-13-14-7-5-4-6-8-14/h4-8H,9-13,18H2,1-3H3,(H,19,21). The summed E-state index contributed by atoms with van der Waals surface area (Å²) in [7, 11) is 0. The minimum atomic E-state index is -0.560. The minimum absolute atomic E-state index is 0.195. The number of benzene rings is 1. The van der Waals surface area contributed by atoms with E-state index in [0.29, 0.717) is 19.6 Å². The van der Waals surface area contributed by atoms with Gasteiger partial charge in [-0.05, 0) is 26.3 Å². The van der Waals surface area contributed by atoms with Crippen LogP contribution in [0.2, 0.25) is 0 Å². The Bertz CT molecular complexity index is 514. The van der Waals surface area contributed by atoms with Crippen molar-refractivity contribution in [1.29, 1.82) is 0 Å². The fourth-order valence-electron chi connectivity index (χ4n) is 1.87. The molecule has 0 atom stereocenters. The highest BCUT2D eigenvalue weighted by Gasteiger charge is 2.17. The maximum Gasteiger partial charge on any atom is 0.410 e. The van der Waals surface area contributed by atoms with Crippen molar-refractivity contribution in [3.05, 3.63) is 35.9 Å². The van der Waals surface area contributed by atoms with Crippen molar-refractivity contribution in [3.63, 3.8) is 0 Å². The predicted octanol–water partition coefficient (Wildman–Crippen LogP) is 2.11. The van der Waals surface area contributed by atoms with E-state index >= 15 is 0 Å². The van der Waals surface area contributed by atoms with Gasteiger partial charge in [-0.3, -0.25) is 0 Å². The largest absolute Gasteiger partial charge is 0.445 e. The average Bonchev–Trinajstić information content (AvgIpc) is 2.51. The van der Waals surface area contributed by atoms with E-state index < -0.39 is 17.8 Å². The number of ether oxygens (including phenoxy) is 2. The van der Waals surface area contributed by atoms with Crippen LogP contribution in [-0.4, -0.2) is 48.9 Å². The number of hydrogen-bond donors (Lipinski definition) is 2. The monoisotopic (exact) mass is 337 g/mol. The van der Waals surface area contributed by atoms with Crippen LogP contribution in [0, 0.1) is 0 Å². The Balaban J connectivity index is 2.39. The molecule has 0 saturated heterocycles. The minimum Gasteiger partial charge on any atom is -0.445 e. The second kappa shape index (κ2) is 9.77. The summed E-state index contributed by atoms with van der Waals surface area (Å²) in [4.78, 5) is 25.2. The Morgan fingerprint density at radius 1 is 1.17 bits per heavy atom. The van der Waals surface area contributed by atoms with Gasteiger partial charge in [0.25, 0.3) is 0 Å². The van der Waals surface area contributed by atoms with Crippen LogP contribution in [0.25, 0.3) is 0 Å². The molecular weight excluding hydrogens is 310 g/mol. The van der Waals surface area contributed by atoms with E-state index in [2.05, 4.69) is 5.32 Å². The maximum atomic E-state index is 12.1. The molecule has 1 aromatic rings. The Hall–Kier alpha value is -2.28. The molecule has 24 heavy (non-hydrogen) atoms. The van der Waals surface area contributed by atoms with Crippen molar-refractivity contribution >= 4 is 12.2 Å². The summed E-state index contributed by atoms with van der Waals surface area (Å²) in [6.45, 7) is 6.77. The zero-order chi connectivity index (χ0) is 18.0. The van der Waals surface area contributed by atoms with Crippen molar-refractivity contribution in [1.82, 2.24) is 10.2 Å². The third kappa shape index (κ3) is 8.38. The van der Waals surface area contributed by atoms with Gasteiger partial charge in [0.15, 0.2) is 0 Å². The van der Waals surface area contributed by atoms with Crippen molar-refractivity contribution in [3.8, 4) is 0 Å². The summed E-state index contributed by atoms with van der Waals surface area (Å²) in [5.41, 5.74) is 5.88. The molecule has 7 nitrogen and oxygen atoms in total.